The van der Waals surface area contributed by atoms with Crippen molar-refractivity contribution in [2.24, 2.45) is 4.99 Å². The van der Waals surface area contributed by atoms with Crippen molar-refractivity contribution in [1.82, 2.24) is 10.6 Å². The van der Waals surface area contributed by atoms with Gasteiger partial charge in [-0.2, -0.15) is 11.8 Å². The van der Waals surface area contributed by atoms with Crippen molar-refractivity contribution in [2.75, 3.05) is 39.8 Å². The van der Waals surface area contributed by atoms with E-state index >= 15 is 0 Å². The van der Waals surface area contributed by atoms with Crippen molar-refractivity contribution >= 4 is 57.6 Å². The van der Waals surface area contributed by atoms with Crippen LogP contribution in [0.2, 0.25) is 0 Å². The zero-order valence-electron chi connectivity index (χ0n) is 13.2. The molecule has 0 aliphatic rings. The van der Waals surface area contributed by atoms with Crippen LogP contribution in [0.4, 0.5) is 0 Å². The molecule has 0 bridgehead atoms. The lowest BCUT2D eigenvalue weighted by Gasteiger charge is -2.14. The molecular weight excluding hydrogens is 481 g/mol. The number of rotatable bonds is 7. The van der Waals surface area contributed by atoms with E-state index in [9.17, 15) is 0 Å². The van der Waals surface area contributed by atoms with Crippen molar-refractivity contribution in [3.05, 3.63) is 22.2 Å². The lowest BCUT2D eigenvalue weighted by molar-refractivity contribution is 0.354. The first kappa shape index (κ1) is 21.6. The number of ether oxygens (including phenoxy) is 2. The van der Waals surface area contributed by atoms with Crippen LogP contribution in [-0.4, -0.2) is 45.8 Å². The summed E-state index contributed by atoms with van der Waals surface area (Å²) in [7, 11) is 5.02. The monoisotopic (exact) mass is 503 g/mol. The van der Waals surface area contributed by atoms with Crippen LogP contribution in [-0.2, 0) is 6.54 Å². The number of aliphatic imine (C=N–C) groups is 1. The summed E-state index contributed by atoms with van der Waals surface area (Å²) in [6, 6.07) is 3.85. The Labute approximate surface area is 162 Å². The number of hydrogen-bond acceptors (Lipinski definition) is 4. The summed E-state index contributed by atoms with van der Waals surface area (Å²) in [6.45, 7) is 1.52. The topological polar surface area (TPSA) is 54.9 Å². The number of hydrogen-bond donors (Lipinski definition) is 2. The van der Waals surface area contributed by atoms with Gasteiger partial charge in [-0.1, -0.05) is 15.9 Å². The molecule has 0 saturated carbocycles. The molecule has 0 unspecified atom stereocenters. The van der Waals surface area contributed by atoms with E-state index in [0.29, 0.717) is 18.0 Å². The average molecular weight is 504 g/mol. The van der Waals surface area contributed by atoms with Gasteiger partial charge in [-0.25, -0.2) is 0 Å². The molecule has 0 amide bonds. The fourth-order valence-electron chi connectivity index (χ4n) is 1.70. The van der Waals surface area contributed by atoms with Gasteiger partial charge in [0.1, 0.15) is 0 Å². The van der Waals surface area contributed by atoms with Gasteiger partial charge in [0, 0.05) is 30.4 Å². The second-order valence-electron chi connectivity index (χ2n) is 4.14. The third-order valence-corrected chi connectivity index (χ3v) is 4.17. The molecule has 1 aromatic carbocycles. The van der Waals surface area contributed by atoms with E-state index in [1.807, 2.05) is 12.1 Å². The third-order valence-electron chi connectivity index (χ3n) is 2.82. The SMILES string of the molecule is CN=C(NCCSC)NCc1cc(OC)c(OC)cc1Br.I. The van der Waals surface area contributed by atoms with E-state index in [1.54, 1.807) is 33.0 Å². The maximum absolute atomic E-state index is 5.32. The van der Waals surface area contributed by atoms with E-state index in [-0.39, 0.29) is 24.0 Å². The number of halogens is 2. The Balaban J connectivity index is 0.00000441. The first-order valence-electron chi connectivity index (χ1n) is 6.50. The van der Waals surface area contributed by atoms with Gasteiger partial charge in [0.05, 0.1) is 14.2 Å². The van der Waals surface area contributed by atoms with Crippen LogP contribution >= 0.6 is 51.7 Å². The van der Waals surface area contributed by atoms with E-state index < -0.39 is 0 Å². The third kappa shape index (κ3) is 6.82. The van der Waals surface area contributed by atoms with Gasteiger partial charge in [-0.3, -0.25) is 4.99 Å². The molecule has 1 aromatic rings. The molecule has 0 aliphatic heterocycles. The molecule has 8 heteroatoms. The van der Waals surface area contributed by atoms with Gasteiger partial charge in [-0.15, -0.1) is 24.0 Å². The Hall–Kier alpha value is -0.350. The van der Waals surface area contributed by atoms with Gasteiger partial charge in [0.2, 0.25) is 0 Å². The maximum Gasteiger partial charge on any atom is 0.191 e. The van der Waals surface area contributed by atoms with Gasteiger partial charge >= 0.3 is 0 Å². The second-order valence-corrected chi connectivity index (χ2v) is 5.98. The highest BCUT2D eigenvalue weighted by atomic mass is 127. The number of nitrogens with one attached hydrogen (secondary N) is 2. The van der Waals surface area contributed by atoms with Gasteiger partial charge < -0.3 is 20.1 Å². The zero-order chi connectivity index (χ0) is 15.7. The van der Waals surface area contributed by atoms with Crippen molar-refractivity contribution in [2.45, 2.75) is 6.54 Å². The number of benzene rings is 1. The minimum absolute atomic E-state index is 0. The molecule has 0 radical (unpaired) electrons. The standard InChI is InChI=1S/C14H22BrN3O2S.HI/c1-16-14(17-5-6-21-4)18-9-10-7-12(19-2)13(20-3)8-11(10)15;/h7-8H,5-6,9H2,1-4H3,(H2,16,17,18);1H. The molecule has 0 saturated heterocycles. The van der Waals surface area contributed by atoms with Gasteiger partial charge in [-0.05, 0) is 24.0 Å². The summed E-state index contributed by atoms with van der Waals surface area (Å²) in [5.41, 5.74) is 1.07. The molecule has 0 aromatic heterocycles. The van der Waals surface area contributed by atoms with Crippen molar-refractivity contribution in [1.29, 1.82) is 0 Å². The Bertz CT molecular complexity index is 489. The molecule has 0 spiro atoms. The lowest BCUT2D eigenvalue weighted by atomic mass is 10.2. The Morgan fingerprint density at radius 1 is 1.23 bits per heavy atom. The summed E-state index contributed by atoms with van der Waals surface area (Å²) in [4.78, 5) is 4.19. The molecule has 0 aliphatic carbocycles. The van der Waals surface area contributed by atoms with Gasteiger partial charge in [0.25, 0.3) is 0 Å². The van der Waals surface area contributed by atoms with Crippen LogP contribution in [0.5, 0.6) is 11.5 Å². The van der Waals surface area contributed by atoms with E-state index in [1.165, 1.54) is 0 Å². The molecular formula is C14H23BrIN3O2S. The van der Waals surface area contributed by atoms with Crippen LogP contribution in [0, 0.1) is 0 Å². The largest absolute Gasteiger partial charge is 0.493 e. The molecule has 22 heavy (non-hydrogen) atoms. The quantitative estimate of drug-likeness (QED) is 0.259. The van der Waals surface area contributed by atoms with E-state index in [4.69, 9.17) is 9.47 Å². The fraction of sp³-hybridized carbons (Fsp3) is 0.500. The first-order chi connectivity index (χ1) is 10.2. The predicted molar refractivity (Wildman–Crippen MR) is 109 cm³/mol. The Morgan fingerprint density at radius 2 is 1.86 bits per heavy atom. The second kappa shape index (κ2) is 12.1. The average Bonchev–Trinajstić information content (AvgIpc) is 2.51. The molecule has 126 valence electrons. The minimum Gasteiger partial charge on any atom is -0.493 e. The maximum atomic E-state index is 5.32. The molecule has 0 fully saturated rings. The lowest BCUT2D eigenvalue weighted by Crippen LogP contribution is -2.38. The summed E-state index contributed by atoms with van der Waals surface area (Å²) < 4.78 is 11.6. The number of methoxy groups -OCH3 is 2. The number of nitrogens with zero attached hydrogens (tertiary/aromatic N) is 1. The number of guanidine groups is 1. The van der Waals surface area contributed by atoms with Crippen LogP contribution in [0.15, 0.2) is 21.6 Å². The van der Waals surface area contributed by atoms with Crippen molar-refractivity contribution in [3.8, 4) is 11.5 Å². The van der Waals surface area contributed by atoms with Crippen molar-refractivity contribution < 1.29 is 9.47 Å². The predicted octanol–water partition coefficient (Wildman–Crippen LogP) is 3.11. The molecule has 1 rings (SSSR count). The highest BCUT2D eigenvalue weighted by Gasteiger charge is 2.10. The summed E-state index contributed by atoms with van der Waals surface area (Å²) >= 11 is 5.34. The summed E-state index contributed by atoms with van der Waals surface area (Å²) in [5, 5.41) is 6.54. The summed E-state index contributed by atoms with van der Waals surface area (Å²) in [5.74, 6) is 3.24. The van der Waals surface area contributed by atoms with Gasteiger partial charge in [0.15, 0.2) is 17.5 Å². The minimum atomic E-state index is 0. The van der Waals surface area contributed by atoms with Crippen LogP contribution in [0.3, 0.4) is 0 Å². The zero-order valence-corrected chi connectivity index (χ0v) is 18.0. The normalized spacial score (nSPS) is 10.7. The molecule has 5 nitrogen and oxygen atoms in total. The summed E-state index contributed by atoms with van der Waals surface area (Å²) in [6.07, 6.45) is 2.08. The smallest absolute Gasteiger partial charge is 0.191 e. The Kier molecular flexibility index (Phi) is 11.9. The van der Waals surface area contributed by atoms with E-state index in [0.717, 1.165) is 28.3 Å². The Morgan fingerprint density at radius 3 is 2.41 bits per heavy atom. The number of thioether (sulfide) groups is 1. The first-order valence-corrected chi connectivity index (χ1v) is 8.68. The van der Waals surface area contributed by atoms with Crippen LogP contribution in [0.25, 0.3) is 0 Å². The van der Waals surface area contributed by atoms with Crippen LogP contribution < -0.4 is 20.1 Å². The fourth-order valence-corrected chi connectivity index (χ4v) is 2.47. The molecule has 0 atom stereocenters. The van der Waals surface area contributed by atoms with E-state index in [2.05, 4.69) is 37.8 Å². The molecule has 2 N–H and O–H groups in total. The van der Waals surface area contributed by atoms with Crippen molar-refractivity contribution in [3.63, 3.8) is 0 Å². The molecule has 0 heterocycles. The van der Waals surface area contributed by atoms with Crippen LogP contribution in [0.1, 0.15) is 5.56 Å². The highest BCUT2D eigenvalue weighted by Crippen LogP contribution is 2.33. The highest BCUT2D eigenvalue weighted by molar-refractivity contribution is 14.0.